The normalized spacial score (nSPS) is 12.4. The molecule has 4 N–H and O–H groups in total. The Labute approximate surface area is 101 Å². The number of aliphatic hydroxyl groups is 1. The number of rotatable bonds is 7. The minimum Gasteiger partial charge on any atom is -0.391 e. The van der Waals surface area contributed by atoms with Crippen molar-refractivity contribution >= 4 is 11.6 Å². The van der Waals surface area contributed by atoms with Crippen LogP contribution >= 0.6 is 0 Å². The van der Waals surface area contributed by atoms with Gasteiger partial charge < -0.3 is 20.9 Å². The second-order valence-corrected chi connectivity index (χ2v) is 3.67. The Morgan fingerprint density at radius 3 is 2.88 bits per heavy atom. The van der Waals surface area contributed by atoms with Crippen LogP contribution in [0.1, 0.15) is 26.1 Å². The molecule has 0 amide bonds. The average molecular weight is 240 g/mol. The fourth-order valence-corrected chi connectivity index (χ4v) is 1.23. The number of hydrogen-bond acceptors (Lipinski definition) is 6. The summed E-state index contributed by atoms with van der Waals surface area (Å²) in [5, 5.41) is 12.5. The zero-order valence-electron chi connectivity index (χ0n) is 10.3. The molecule has 6 nitrogen and oxygen atoms in total. The third kappa shape index (κ3) is 4.97. The highest BCUT2D eigenvalue weighted by Crippen LogP contribution is 2.09. The lowest BCUT2D eigenvalue weighted by molar-refractivity contribution is 0.128. The van der Waals surface area contributed by atoms with E-state index in [9.17, 15) is 5.11 Å². The Balaban J connectivity index is 2.61. The van der Waals surface area contributed by atoms with E-state index in [1.807, 2.05) is 13.8 Å². The molecule has 0 aliphatic carbocycles. The summed E-state index contributed by atoms with van der Waals surface area (Å²) in [7, 11) is 0. The molecule has 0 aliphatic heterocycles. The van der Waals surface area contributed by atoms with Gasteiger partial charge in [0.1, 0.15) is 18.2 Å². The SMILES string of the molecule is CCOCc1nc(N)cc(NCC(O)CC)n1. The first-order chi connectivity index (χ1) is 8.15. The van der Waals surface area contributed by atoms with E-state index in [4.69, 9.17) is 10.5 Å². The molecule has 1 atom stereocenters. The van der Waals surface area contributed by atoms with Gasteiger partial charge in [0.15, 0.2) is 5.82 Å². The summed E-state index contributed by atoms with van der Waals surface area (Å²) >= 11 is 0. The molecule has 6 heteroatoms. The van der Waals surface area contributed by atoms with Gasteiger partial charge in [-0.25, -0.2) is 9.97 Å². The third-order valence-corrected chi connectivity index (χ3v) is 2.22. The van der Waals surface area contributed by atoms with Crippen LogP contribution in [0.25, 0.3) is 0 Å². The van der Waals surface area contributed by atoms with Gasteiger partial charge in [0.25, 0.3) is 0 Å². The summed E-state index contributed by atoms with van der Waals surface area (Å²) in [4.78, 5) is 8.30. The minimum absolute atomic E-state index is 0.340. The van der Waals surface area contributed by atoms with Gasteiger partial charge in [-0.2, -0.15) is 0 Å². The second kappa shape index (κ2) is 7.03. The van der Waals surface area contributed by atoms with Gasteiger partial charge in [0.05, 0.1) is 6.10 Å². The van der Waals surface area contributed by atoms with Gasteiger partial charge in [-0.3, -0.25) is 0 Å². The maximum atomic E-state index is 9.44. The molecule has 1 unspecified atom stereocenters. The molecule has 0 aromatic carbocycles. The first kappa shape index (κ1) is 13.7. The van der Waals surface area contributed by atoms with Crippen molar-refractivity contribution in [3.63, 3.8) is 0 Å². The van der Waals surface area contributed by atoms with E-state index in [-0.39, 0.29) is 6.10 Å². The molecule has 1 aromatic heterocycles. The highest BCUT2D eigenvalue weighted by Gasteiger charge is 2.05. The number of ether oxygens (including phenoxy) is 1. The van der Waals surface area contributed by atoms with Gasteiger partial charge in [-0.05, 0) is 13.3 Å². The molecule has 17 heavy (non-hydrogen) atoms. The van der Waals surface area contributed by atoms with Crippen molar-refractivity contribution in [2.75, 3.05) is 24.2 Å². The van der Waals surface area contributed by atoms with Crippen LogP contribution in [-0.2, 0) is 11.3 Å². The molecule has 0 bridgehead atoms. The molecule has 96 valence electrons. The summed E-state index contributed by atoms with van der Waals surface area (Å²) in [6.07, 6.45) is 0.306. The van der Waals surface area contributed by atoms with Gasteiger partial charge in [0, 0.05) is 19.2 Å². The zero-order valence-corrected chi connectivity index (χ0v) is 10.3. The smallest absolute Gasteiger partial charge is 0.158 e. The van der Waals surface area contributed by atoms with Crippen molar-refractivity contribution in [3.05, 3.63) is 11.9 Å². The van der Waals surface area contributed by atoms with E-state index in [0.29, 0.717) is 43.6 Å². The average Bonchev–Trinajstić information content (AvgIpc) is 2.32. The van der Waals surface area contributed by atoms with E-state index in [2.05, 4.69) is 15.3 Å². The van der Waals surface area contributed by atoms with Gasteiger partial charge in [-0.15, -0.1) is 0 Å². The second-order valence-electron chi connectivity index (χ2n) is 3.67. The van der Waals surface area contributed by atoms with Crippen molar-refractivity contribution < 1.29 is 9.84 Å². The molecule has 1 rings (SSSR count). The van der Waals surface area contributed by atoms with Crippen molar-refractivity contribution in [3.8, 4) is 0 Å². The predicted octanol–water partition coefficient (Wildman–Crippen LogP) is 0.778. The molecule has 0 radical (unpaired) electrons. The fourth-order valence-electron chi connectivity index (χ4n) is 1.23. The van der Waals surface area contributed by atoms with Crippen LogP contribution in [0.2, 0.25) is 0 Å². The quantitative estimate of drug-likeness (QED) is 0.652. The number of nitrogen functional groups attached to an aromatic ring is 1. The zero-order chi connectivity index (χ0) is 12.7. The van der Waals surface area contributed by atoms with Crippen LogP contribution in [0.15, 0.2) is 6.07 Å². The monoisotopic (exact) mass is 240 g/mol. The molecule has 0 spiro atoms. The lowest BCUT2D eigenvalue weighted by Crippen LogP contribution is -2.19. The lowest BCUT2D eigenvalue weighted by Gasteiger charge is -2.11. The van der Waals surface area contributed by atoms with Gasteiger partial charge in [0.2, 0.25) is 0 Å². The number of nitrogens with one attached hydrogen (secondary N) is 1. The number of aromatic nitrogens is 2. The standard InChI is InChI=1S/C11H20N4O2/c1-3-8(16)6-13-10-5-9(12)14-11(15-10)7-17-4-2/h5,8,16H,3-4,6-7H2,1-2H3,(H3,12,13,14,15). The Morgan fingerprint density at radius 1 is 1.47 bits per heavy atom. The topological polar surface area (TPSA) is 93.3 Å². The lowest BCUT2D eigenvalue weighted by atomic mass is 10.3. The highest BCUT2D eigenvalue weighted by atomic mass is 16.5. The maximum absolute atomic E-state index is 9.44. The fraction of sp³-hybridized carbons (Fsp3) is 0.636. The molecule has 1 heterocycles. The number of hydrogen-bond donors (Lipinski definition) is 3. The van der Waals surface area contributed by atoms with Crippen LogP contribution < -0.4 is 11.1 Å². The van der Waals surface area contributed by atoms with E-state index < -0.39 is 0 Å². The van der Waals surface area contributed by atoms with Crippen LogP contribution in [0.4, 0.5) is 11.6 Å². The van der Waals surface area contributed by atoms with Crippen molar-refractivity contribution in [1.29, 1.82) is 0 Å². The Bertz CT molecular complexity index is 346. The van der Waals surface area contributed by atoms with Crippen molar-refractivity contribution in [2.45, 2.75) is 33.0 Å². The maximum Gasteiger partial charge on any atom is 0.158 e. The molecule has 0 fully saturated rings. The molecule has 0 aliphatic rings. The summed E-state index contributed by atoms with van der Waals surface area (Å²) in [6.45, 7) is 5.22. The van der Waals surface area contributed by atoms with Crippen LogP contribution in [0.3, 0.4) is 0 Å². The largest absolute Gasteiger partial charge is 0.391 e. The minimum atomic E-state index is -0.387. The van der Waals surface area contributed by atoms with Crippen LogP contribution in [-0.4, -0.2) is 34.3 Å². The molecule has 0 saturated carbocycles. The Hall–Kier alpha value is -1.40. The molecule has 0 saturated heterocycles. The van der Waals surface area contributed by atoms with E-state index >= 15 is 0 Å². The van der Waals surface area contributed by atoms with Crippen molar-refractivity contribution in [2.24, 2.45) is 0 Å². The Morgan fingerprint density at radius 2 is 2.24 bits per heavy atom. The number of aliphatic hydroxyl groups excluding tert-OH is 1. The van der Waals surface area contributed by atoms with E-state index in [0.717, 1.165) is 0 Å². The third-order valence-electron chi connectivity index (χ3n) is 2.22. The van der Waals surface area contributed by atoms with Crippen molar-refractivity contribution in [1.82, 2.24) is 9.97 Å². The first-order valence-corrected chi connectivity index (χ1v) is 5.78. The molecule has 1 aromatic rings. The number of nitrogens with two attached hydrogens (primary N) is 1. The van der Waals surface area contributed by atoms with Gasteiger partial charge in [-0.1, -0.05) is 6.92 Å². The Kier molecular flexibility index (Phi) is 5.65. The van der Waals surface area contributed by atoms with Gasteiger partial charge >= 0.3 is 0 Å². The predicted molar refractivity (Wildman–Crippen MR) is 66.6 cm³/mol. The molecular weight excluding hydrogens is 220 g/mol. The summed E-state index contributed by atoms with van der Waals surface area (Å²) in [6, 6.07) is 1.64. The highest BCUT2D eigenvalue weighted by molar-refractivity contribution is 5.44. The summed E-state index contributed by atoms with van der Waals surface area (Å²) in [5.74, 6) is 1.54. The number of nitrogens with zero attached hydrogens (tertiary/aromatic N) is 2. The van der Waals surface area contributed by atoms with E-state index in [1.54, 1.807) is 6.07 Å². The summed E-state index contributed by atoms with van der Waals surface area (Å²) < 4.78 is 5.22. The first-order valence-electron chi connectivity index (χ1n) is 5.78. The molecular formula is C11H20N4O2. The van der Waals surface area contributed by atoms with E-state index in [1.165, 1.54) is 0 Å². The van der Waals surface area contributed by atoms with Crippen LogP contribution in [0.5, 0.6) is 0 Å². The van der Waals surface area contributed by atoms with Crippen LogP contribution in [0, 0.1) is 0 Å². The summed E-state index contributed by atoms with van der Waals surface area (Å²) in [5.41, 5.74) is 5.66. The number of anilines is 2.